The van der Waals surface area contributed by atoms with Crippen LogP contribution in [0.5, 0.6) is 0 Å². The molecule has 0 aromatic heterocycles. The maximum Gasteiger partial charge on any atom is 0.0746 e. The highest BCUT2D eigenvalue weighted by Gasteiger charge is 2.29. The maximum atomic E-state index is 6.27. The van der Waals surface area contributed by atoms with Gasteiger partial charge in [0.2, 0.25) is 0 Å². The lowest BCUT2D eigenvalue weighted by molar-refractivity contribution is -0.0346. The molecule has 1 aliphatic carbocycles. The lowest BCUT2D eigenvalue weighted by Gasteiger charge is -2.41. The Hall–Kier alpha value is -0.940. The number of hydrazine groups is 1. The first-order chi connectivity index (χ1) is 11.2. The van der Waals surface area contributed by atoms with E-state index < -0.39 is 0 Å². The van der Waals surface area contributed by atoms with Crippen LogP contribution in [0.15, 0.2) is 30.3 Å². The molecule has 0 bridgehead atoms. The second-order valence-corrected chi connectivity index (χ2v) is 7.23. The van der Waals surface area contributed by atoms with Gasteiger partial charge in [-0.15, -0.1) is 0 Å². The summed E-state index contributed by atoms with van der Waals surface area (Å²) in [5.41, 5.74) is 5.04. The minimum Gasteiger partial charge on any atom is -0.372 e. The molecule has 0 spiro atoms. The smallest absolute Gasteiger partial charge is 0.0746 e. The van der Waals surface area contributed by atoms with E-state index in [0.717, 1.165) is 19.7 Å². The summed E-state index contributed by atoms with van der Waals surface area (Å²) in [6.07, 6.45) is 5.30. The third kappa shape index (κ3) is 5.01. The highest BCUT2D eigenvalue weighted by molar-refractivity contribution is 5.13. The van der Waals surface area contributed by atoms with Crippen LogP contribution < -0.4 is 10.7 Å². The van der Waals surface area contributed by atoms with Gasteiger partial charge in [-0.1, -0.05) is 43.2 Å². The van der Waals surface area contributed by atoms with Crippen LogP contribution in [-0.2, 0) is 11.3 Å². The monoisotopic (exact) mass is 317 g/mol. The summed E-state index contributed by atoms with van der Waals surface area (Å²) in [6, 6.07) is 12.0. The topological polar surface area (TPSA) is 36.5 Å². The van der Waals surface area contributed by atoms with Crippen LogP contribution in [0.25, 0.3) is 0 Å². The average molecular weight is 317 g/mol. The van der Waals surface area contributed by atoms with E-state index in [2.05, 4.69) is 59.9 Å². The third-order valence-corrected chi connectivity index (χ3v) is 4.92. The molecule has 1 heterocycles. The summed E-state index contributed by atoms with van der Waals surface area (Å²) >= 11 is 0. The minimum absolute atomic E-state index is 0.324. The number of ether oxygens (including phenoxy) is 1. The molecule has 128 valence electrons. The first kappa shape index (κ1) is 16.9. The van der Waals surface area contributed by atoms with Crippen molar-refractivity contribution in [2.24, 2.45) is 0 Å². The normalized spacial score (nSPS) is 32.8. The first-order valence-electron chi connectivity index (χ1n) is 9.13. The molecule has 3 rings (SSSR count). The average Bonchev–Trinajstić information content (AvgIpc) is 2.54. The molecule has 2 aliphatic rings. The van der Waals surface area contributed by atoms with E-state index in [1.54, 1.807) is 0 Å². The Kier molecular flexibility index (Phi) is 6.06. The molecule has 0 radical (unpaired) electrons. The standard InChI is InChI=1S/C19H31N3O/c1-15-12-22(13-16(2)20-15)21-18-10-6-7-11-19(18)23-14-17-8-4-3-5-9-17/h3-5,8-9,15-16,18-21H,6-7,10-14H2,1-2H3/t15-,16+,18-,19-/m0/s1. The zero-order chi connectivity index (χ0) is 16.1. The molecular weight excluding hydrogens is 286 g/mol. The van der Waals surface area contributed by atoms with Gasteiger partial charge >= 0.3 is 0 Å². The van der Waals surface area contributed by atoms with E-state index in [4.69, 9.17) is 4.74 Å². The summed E-state index contributed by atoms with van der Waals surface area (Å²) in [5.74, 6) is 0. The second-order valence-electron chi connectivity index (χ2n) is 7.23. The van der Waals surface area contributed by atoms with Crippen molar-refractivity contribution in [1.29, 1.82) is 0 Å². The van der Waals surface area contributed by atoms with Crippen LogP contribution >= 0.6 is 0 Å². The van der Waals surface area contributed by atoms with Crippen LogP contribution in [0.4, 0.5) is 0 Å². The van der Waals surface area contributed by atoms with Crippen molar-refractivity contribution in [2.75, 3.05) is 13.1 Å². The summed E-state index contributed by atoms with van der Waals surface area (Å²) in [7, 11) is 0. The molecule has 2 fully saturated rings. The quantitative estimate of drug-likeness (QED) is 0.875. The Morgan fingerprint density at radius 2 is 1.78 bits per heavy atom. The largest absolute Gasteiger partial charge is 0.372 e. The molecule has 4 nitrogen and oxygen atoms in total. The fourth-order valence-electron chi connectivity index (χ4n) is 3.89. The van der Waals surface area contributed by atoms with Crippen molar-refractivity contribution < 1.29 is 4.74 Å². The van der Waals surface area contributed by atoms with Crippen LogP contribution in [-0.4, -0.2) is 42.3 Å². The molecule has 1 saturated carbocycles. The summed E-state index contributed by atoms with van der Waals surface area (Å²) < 4.78 is 6.27. The van der Waals surface area contributed by atoms with Crippen LogP contribution in [0.3, 0.4) is 0 Å². The van der Waals surface area contributed by atoms with Gasteiger partial charge in [-0.25, -0.2) is 10.4 Å². The number of nitrogens with one attached hydrogen (secondary N) is 2. The fraction of sp³-hybridized carbons (Fsp3) is 0.684. The van der Waals surface area contributed by atoms with E-state index in [0.29, 0.717) is 24.2 Å². The lowest BCUT2D eigenvalue weighted by Crippen LogP contribution is -2.62. The maximum absolute atomic E-state index is 6.27. The van der Waals surface area contributed by atoms with Gasteiger partial charge in [0.1, 0.15) is 0 Å². The number of hydrogen-bond donors (Lipinski definition) is 2. The van der Waals surface area contributed by atoms with Crippen LogP contribution in [0.1, 0.15) is 45.1 Å². The molecule has 1 aliphatic heterocycles. The Balaban J connectivity index is 1.53. The zero-order valence-corrected chi connectivity index (χ0v) is 14.5. The number of rotatable bonds is 5. The Morgan fingerprint density at radius 3 is 2.52 bits per heavy atom. The zero-order valence-electron chi connectivity index (χ0n) is 14.5. The van der Waals surface area contributed by atoms with Gasteiger partial charge in [0, 0.05) is 31.2 Å². The van der Waals surface area contributed by atoms with E-state index >= 15 is 0 Å². The van der Waals surface area contributed by atoms with E-state index in [1.165, 1.54) is 31.2 Å². The van der Waals surface area contributed by atoms with Crippen molar-refractivity contribution in [3.8, 4) is 0 Å². The summed E-state index contributed by atoms with van der Waals surface area (Å²) in [4.78, 5) is 0. The molecule has 1 aromatic rings. The molecule has 23 heavy (non-hydrogen) atoms. The summed E-state index contributed by atoms with van der Waals surface area (Å²) in [6.45, 7) is 7.36. The van der Waals surface area contributed by atoms with E-state index in [9.17, 15) is 0 Å². The SMILES string of the molecule is C[C@@H]1CN(N[C@H]2CCCC[C@@H]2OCc2ccccc2)C[C@H](C)N1. The third-order valence-electron chi connectivity index (χ3n) is 4.92. The number of nitrogens with zero attached hydrogens (tertiary/aromatic N) is 1. The van der Waals surface area contributed by atoms with Gasteiger partial charge in [0.25, 0.3) is 0 Å². The number of hydrogen-bond acceptors (Lipinski definition) is 4. The Bertz CT molecular complexity index is 457. The first-order valence-corrected chi connectivity index (χ1v) is 9.13. The minimum atomic E-state index is 0.324. The van der Waals surface area contributed by atoms with Gasteiger partial charge in [0.05, 0.1) is 12.7 Å². The molecule has 0 amide bonds. The van der Waals surface area contributed by atoms with Crippen LogP contribution in [0, 0.1) is 0 Å². The van der Waals surface area contributed by atoms with Crippen molar-refractivity contribution in [2.45, 2.75) is 70.4 Å². The Morgan fingerprint density at radius 1 is 1.09 bits per heavy atom. The molecule has 4 atom stereocenters. The van der Waals surface area contributed by atoms with Crippen molar-refractivity contribution in [3.05, 3.63) is 35.9 Å². The Labute approximate surface area is 140 Å². The van der Waals surface area contributed by atoms with Gasteiger partial charge in [-0.05, 0) is 32.3 Å². The van der Waals surface area contributed by atoms with E-state index in [1.807, 2.05) is 0 Å². The predicted molar refractivity (Wildman–Crippen MR) is 94.0 cm³/mol. The molecule has 4 heteroatoms. The molecular formula is C19H31N3O. The fourth-order valence-corrected chi connectivity index (χ4v) is 3.89. The molecule has 2 N–H and O–H groups in total. The highest BCUT2D eigenvalue weighted by Crippen LogP contribution is 2.23. The molecule has 1 aromatic carbocycles. The van der Waals surface area contributed by atoms with Crippen LogP contribution in [0.2, 0.25) is 0 Å². The summed E-state index contributed by atoms with van der Waals surface area (Å²) in [5, 5.41) is 5.99. The van der Waals surface area contributed by atoms with Gasteiger partial charge in [-0.3, -0.25) is 0 Å². The van der Waals surface area contributed by atoms with Gasteiger partial charge in [-0.2, -0.15) is 0 Å². The van der Waals surface area contributed by atoms with Crippen molar-refractivity contribution in [3.63, 3.8) is 0 Å². The van der Waals surface area contributed by atoms with Crippen molar-refractivity contribution >= 4 is 0 Å². The highest BCUT2D eigenvalue weighted by atomic mass is 16.5. The van der Waals surface area contributed by atoms with Gasteiger partial charge < -0.3 is 10.1 Å². The lowest BCUT2D eigenvalue weighted by atomic mass is 9.92. The van der Waals surface area contributed by atoms with Crippen molar-refractivity contribution in [1.82, 2.24) is 15.8 Å². The second kappa shape index (κ2) is 8.25. The number of piperazine rings is 1. The number of benzene rings is 1. The molecule has 1 saturated heterocycles. The predicted octanol–water partition coefficient (Wildman–Crippen LogP) is 2.70. The van der Waals surface area contributed by atoms with Gasteiger partial charge in [0.15, 0.2) is 0 Å². The molecule has 0 unspecified atom stereocenters. The van der Waals surface area contributed by atoms with E-state index in [-0.39, 0.29) is 0 Å².